The number of alkyl halides is 3. The van der Waals surface area contributed by atoms with Crippen molar-refractivity contribution in [3.05, 3.63) is 88.8 Å². The summed E-state index contributed by atoms with van der Waals surface area (Å²) in [6.45, 7) is 4.74. The molecule has 2 aromatic rings. The Balaban J connectivity index is 1.48. The van der Waals surface area contributed by atoms with Crippen molar-refractivity contribution in [1.82, 2.24) is 9.80 Å². The Kier molecular flexibility index (Phi) is 6.00. The fourth-order valence-electron chi connectivity index (χ4n) is 4.25. The van der Waals surface area contributed by atoms with Gasteiger partial charge in [-0.05, 0) is 67.0 Å². The van der Waals surface area contributed by atoms with Crippen molar-refractivity contribution in [3.8, 4) is 0 Å². The first-order valence-electron chi connectivity index (χ1n) is 10.6. The van der Waals surface area contributed by atoms with E-state index in [2.05, 4.69) is 33.5 Å². The average Bonchev–Trinajstić information content (AvgIpc) is 3.24. The number of amides is 1. The number of carbonyl (C=O) groups excluding carboxylic acids is 1. The first-order valence-corrected chi connectivity index (χ1v) is 10.6. The SMILES string of the molecule is Cc1ccc(C(=O)Nc2cccc(C(F)(F)F)c2)cc1[C@@H]1CCN(C2=CCN(C)C=C2)C1. The van der Waals surface area contributed by atoms with Gasteiger partial charge in [-0.25, -0.2) is 0 Å². The lowest BCUT2D eigenvalue weighted by Crippen LogP contribution is -2.23. The predicted octanol–water partition coefficient (Wildman–Crippen LogP) is 5.40. The summed E-state index contributed by atoms with van der Waals surface area (Å²) < 4.78 is 38.9. The van der Waals surface area contributed by atoms with E-state index >= 15 is 0 Å². The third-order valence-electron chi connectivity index (χ3n) is 6.07. The van der Waals surface area contributed by atoms with Crippen molar-refractivity contribution < 1.29 is 18.0 Å². The van der Waals surface area contributed by atoms with Gasteiger partial charge in [0.1, 0.15) is 0 Å². The lowest BCUT2D eigenvalue weighted by atomic mass is 9.92. The molecule has 2 aromatic carbocycles. The number of hydrogen-bond donors (Lipinski definition) is 1. The molecule has 0 aliphatic carbocycles. The number of anilines is 1. The van der Waals surface area contributed by atoms with E-state index in [4.69, 9.17) is 0 Å². The molecule has 0 unspecified atom stereocenters. The Bertz CT molecular complexity index is 1070. The fraction of sp³-hybridized carbons (Fsp3) is 0.320. The number of nitrogens with one attached hydrogen (secondary N) is 1. The topological polar surface area (TPSA) is 35.6 Å². The Labute approximate surface area is 186 Å². The van der Waals surface area contributed by atoms with Gasteiger partial charge in [0, 0.05) is 55.7 Å². The van der Waals surface area contributed by atoms with Gasteiger partial charge in [0.25, 0.3) is 5.91 Å². The van der Waals surface area contributed by atoms with Crippen LogP contribution >= 0.6 is 0 Å². The summed E-state index contributed by atoms with van der Waals surface area (Å²) in [6.07, 6.45) is 2.95. The highest BCUT2D eigenvalue weighted by Gasteiger charge is 2.31. The molecule has 0 bridgehead atoms. The first-order chi connectivity index (χ1) is 15.2. The molecule has 0 aromatic heterocycles. The number of hydrogen-bond acceptors (Lipinski definition) is 3. The number of aryl methyl sites for hydroxylation is 1. The van der Waals surface area contributed by atoms with Crippen LogP contribution in [0, 0.1) is 6.92 Å². The second-order valence-electron chi connectivity index (χ2n) is 8.42. The van der Waals surface area contributed by atoms with Crippen LogP contribution in [-0.2, 0) is 6.18 Å². The van der Waals surface area contributed by atoms with E-state index in [0.717, 1.165) is 49.3 Å². The molecule has 0 saturated carbocycles. The van der Waals surface area contributed by atoms with Crippen LogP contribution in [0.3, 0.4) is 0 Å². The molecular weight excluding hydrogens is 415 g/mol. The summed E-state index contributed by atoms with van der Waals surface area (Å²) in [7, 11) is 2.04. The van der Waals surface area contributed by atoms with Crippen molar-refractivity contribution in [2.75, 3.05) is 32.0 Å². The van der Waals surface area contributed by atoms with Gasteiger partial charge < -0.3 is 15.1 Å². The van der Waals surface area contributed by atoms with Crippen molar-refractivity contribution >= 4 is 11.6 Å². The molecule has 32 heavy (non-hydrogen) atoms. The van der Waals surface area contributed by atoms with Gasteiger partial charge in [0.05, 0.1) is 5.56 Å². The van der Waals surface area contributed by atoms with Crippen LogP contribution in [-0.4, -0.2) is 42.4 Å². The lowest BCUT2D eigenvalue weighted by molar-refractivity contribution is -0.137. The van der Waals surface area contributed by atoms with E-state index in [0.29, 0.717) is 11.5 Å². The molecular formula is C25H26F3N3O. The molecule has 4 nitrogen and oxygen atoms in total. The molecule has 1 fully saturated rings. The number of rotatable bonds is 4. The molecule has 0 spiro atoms. The molecule has 1 atom stereocenters. The van der Waals surface area contributed by atoms with Gasteiger partial charge in [-0.15, -0.1) is 0 Å². The molecule has 2 aliphatic heterocycles. The molecule has 1 saturated heterocycles. The second kappa shape index (κ2) is 8.73. The van der Waals surface area contributed by atoms with Crippen LogP contribution in [0.15, 0.2) is 66.5 Å². The summed E-state index contributed by atoms with van der Waals surface area (Å²) in [5.74, 6) is -0.119. The van der Waals surface area contributed by atoms with Gasteiger partial charge in [-0.2, -0.15) is 13.2 Å². The van der Waals surface area contributed by atoms with E-state index in [-0.39, 0.29) is 5.69 Å². The molecule has 168 valence electrons. The highest BCUT2D eigenvalue weighted by molar-refractivity contribution is 6.04. The van der Waals surface area contributed by atoms with E-state index in [1.807, 2.05) is 26.1 Å². The van der Waals surface area contributed by atoms with Crippen LogP contribution in [0.2, 0.25) is 0 Å². The lowest BCUT2D eigenvalue weighted by Gasteiger charge is -2.25. The number of likely N-dealkylation sites (N-methyl/N-ethyl adjacent to an activating group) is 1. The summed E-state index contributed by atoms with van der Waals surface area (Å²) in [6, 6.07) is 10.2. The molecule has 4 rings (SSSR count). The monoisotopic (exact) mass is 441 g/mol. The second-order valence-corrected chi connectivity index (χ2v) is 8.42. The molecule has 1 N–H and O–H groups in total. The largest absolute Gasteiger partial charge is 0.416 e. The summed E-state index contributed by atoms with van der Waals surface area (Å²) in [5.41, 5.74) is 3.23. The number of nitrogens with zero attached hydrogens (tertiary/aromatic N) is 2. The molecule has 2 heterocycles. The van der Waals surface area contributed by atoms with Crippen LogP contribution in [0.1, 0.15) is 39.4 Å². The summed E-state index contributed by atoms with van der Waals surface area (Å²) >= 11 is 0. The molecule has 7 heteroatoms. The number of allylic oxidation sites excluding steroid dienone is 1. The highest BCUT2D eigenvalue weighted by atomic mass is 19.4. The van der Waals surface area contributed by atoms with Crippen LogP contribution in [0.5, 0.6) is 0 Å². The van der Waals surface area contributed by atoms with Crippen LogP contribution < -0.4 is 5.32 Å². The maximum absolute atomic E-state index is 13.0. The van der Waals surface area contributed by atoms with Gasteiger partial charge in [0.15, 0.2) is 0 Å². The van der Waals surface area contributed by atoms with E-state index < -0.39 is 17.6 Å². The van der Waals surface area contributed by atoms with Gasteiger partial charge >= 0.3 is 6.18 Å². The van der Waals surface area contributed by atoms with Crippen LogP contribution in [0.4, 0.5) is 18.9 Å². The zero-order valence-electron chi connectivity index (χ0n) is 18.1. The Hall–Kier alpha value is -3.22. The average molecular weight is 441 g/mol. The Morgan fingerprint density at radius 2 is 1.97 bits per heavy atom. The van der Waals surface area contributed by atoms with Crippen molar-refractivity contribution in [1.29, 1.82) is 0 Å². The van der Waals surface area contributed by atoms with E-state index in [1.165, 1.54) is 17.8 Å². The highest BCUT2D eigenvalue weighted by Crippen LogP contribution is 2.33. The number of halogens is 3. The van der Waals surface area contributed by atoms with Crippen molar-refractivity contribution in [2.45, 2.75) is 25.4 Å². The zero-order valence-corrected chi connectivity index (χ0v) is 18.1. The maximum atomic E-state index is 13.0. The minimum atomic E-state index is -4.45. The zero-order chi connectivity index (χ0) is 22.9. The van der Waals surface area contributed by atoms with E-state index in [9.17, 15) is 18.0 Å². The quantitative estimate of drug-likeness (QED) is 0.690. The van der Waals surface area contributed by atoms with Crippen molar-refractivity contribution in [2.24, 2.45) is 0 Å². The van der Waals surface area contributed by atoms with Gasteiger partial charge in [-0.3, -0.25) is 4.79 Å². The Morgan fingerprint density at radius 3 is 2.69 bits per heavy atom. The molecule has 1 amide bonds. The normalized spacial score (nSPS) is 18.7. The molecule has 0 radical (unpaired) electrons. The Morgan fingerprint density at radius 1 is 1.16 bits per heavy atom. The molecule has 2 aliphatic rings. The predicted molar refractivity (Wildman–Crippen MR) is 119 cm³/mol. The summed E-state index contributed by atoms with van der Waals surface area (Å²) in [5, 5.41) is 2.60. The van der Waals surface area contributed by atoms with Gasteiger partial charge in [-0.1, -0.05) is 12.1 Å². The maximum Gasteiger partial charge on any atom is 0.416 e. The number of benzene rings is 2. The standard InChI is InChI=1S/C25H26F3N3O/c1-17-6-7-18(24(32)29-21-5-3-4-20(15-21)25(26,27)28)14-23(17)19-8-13-31(16-19)22-9-11-30(2)12-10-22/h3-7,9-11,14-15,19H,8,12-13,16H2,1-2H3,(H,29,32)/t19-/m1/s1. The van der Waals surface area contributed by atoms with Crippen LogP contribution in [0.25, 0.3) is 0 Å². The number of carbonyl (C=O) groups is 1. The minimum Gasteiger partial charge on any atom is -0.377 e. The van der Waals surface area contributed by atoms with Crippen molar-refractivity contribution in [3.63, 3.8) is 0 Å². The first kappa shape index (κ1) is 22.0. The third kappa shape index (κ3) is 4.82. The fourth-order valence-corrected chi connectivity index (χ4v) is 4.25. The third-order valence-corrected chi connectivity index (χ3v) is 6.07. The minimum absolute atomic E-state index is 0.125. The van der Waals surface area contributed by atoms with Gasteiger partial charge in [0.2, 0.25) is 0 Å². The summed E-state index contributed by atoms with van der Waals surface area (Å²) in [4.78, 5) is 17.3. The van der Waals surface area contributed by atoms with E-state index in [1.54, 1.807) is 6.07 Å². The smallest absolute Gasteiger partial charge is 0.377 e. The number of likely N-dealkylation sites (tertiary alicyclic amines) is 1.